The molecule has 2 amide bonds. The molecule has 0 aliphatic rings. The van der Waals surface area contributed by atoms with E-state index in [2.05, 4.69) is 16.0 Å². The number of amides is 2. The van der Waals surface area contributed by atoms with E-state index in [4.69, 9.17) is 9.47 Å². The normalized spacial score (nSPS) is 10.1. The van der Waals surface area contributed by atoms with Gasteiger partial charge in [-0.25, -0.2) is 0 Å². The van der Waals surface area contributed by atoms with Crippen molar-refractivity contribution >= 4 is 17.5 Å². The molecule has 0 heterocycles. The molecule has 0 aromatic heterocycles. The van der Waals surface area contributed by atoms with Gasteiger partial charge in [0.25, 0.3) is 5.91 Å². The molecule has 0 saturated heterocycles. The summed E-state index contributed by atoms with van der Waals surface area (Å²) in [5, 5.41) is 8.63. The van der Waals surface area contributed by atoms with E-state index in [0.29, 0.717) is 30.9 Å². The highest BCUT2D eigenvalue weighted by molar-refractivity contribution is 5.95. The standard InChI is InChI=1S/C20H25N3O4/c1-26-11-10-21-20(25)16-4-3-5-17(12-16)22-14-19(24)23-13-15-6-8-18(27-2)9-7-15/h3-9,12,22H,10-11,13-14H2,1-2H3,(H,21,25)(H,23,24). The van der Waals surface area contributed by atoms with Gasteiger partial charge in [-0.15, -0.1) is 0 Å². The quantitative estimate of drug-likeness (QED) is 0.554. The van der Waals surface area contributed by atoms with E-state index in [0.717, 1.165) is 11.3 Å². The Morgan fingerprint density at radius 1 is 1.00 bits per heavy atom. The first-order chi connectivity index (χ1) is 13.1. The first-order valence-electron chi connectivity index (χ1n) is 8.63. The van der Waals surface area contributed by atoms with Crippen LogP contribution in [0.3, 0.4) is 0 Å². The van der Waals surface area contributed by atoms with Crippen LogP contribution < -0.4 is 20.7 Å². The van der Waals surface area contributed by atoms with Crippen LogP contribution in [0.5, 0.6) is 5.75 Å². The molecule has 7 heteroatoms. The van der Waals surface area contributed by atoms with Gasteiger partial charge in [-0.1, -0.05) is 18.2 Å². The van der Waals surface area contributed by atoms with Crippen molar-refractivity contribution in [3.63, 3.8) is 0 Å². The Labute approximate surface area is 159 Å². The predicted molar refractivity (Wildman–Crippen MR) is 104 cm³/mol. The molecule has 3 N–H and O–H groups in total. The predicted octanol–water partition coefficient (Wildman–Crippen LogP) is 1.80. The lowest BCUT2D eigenvalue weighted by Crippen LogP contribution is -2.29. The van der Waals surface area contributed by atoms with E-state index >= 15 is 0 Å². The van der Waals surface area contributed by atoms with Crippen LogP contribution in [0.25, 0.3) is 0 Å². The average molecular weight is 371 g/mol. The second-order valence-corrected chi connectivity index (χ2v) is 5.81. The maximum atomic E-state index is 12.0. The second kappa shape index (κ2) is 10.8. The van der Waals surface area contributed by atoms with Gasteiger partial charge in [0, 0.05) is 31.5 Å². The fourth-order valence-corrected chi connectivity index (χ4v) is 2.33. The molecule has 0 saturated carbocycles. The number of anilines is 1. The smallest absolute Gasteiger partial charge is 0.251 e. The largest absolute Gasteiger partial charge is 0.497 e. The maximum absolute atomic E-state index is 12.0. The van der Waals surface area contributed by atoms with Gasteiger partial charge in [0.2, 0.25) is 5.91 Å². The van der Waals surface area contributed by atoms with Crippen LogP contribution in [-0.2, 0) is 16.1 Å². The molecule has 27 heavy (non-hydrogen) atoms. The van der Waals surface area contributed by atoms with Gasteiger partial charge in [-0.3, -0.25) is 9.59 Å². The number of carbonyl (C=O) groups is 2. The minimum atomic E-state index is -0.181. The Balaban J connectivity index is 1.78. The molecule has 2 rings (SSSR count). The summed E-state index contributed by atoms with van der Waals surface area (Å²) in [5.41, 5.74) is 2.21. The highest BCUT2D eigenvalue weighted by Gasteiger charge is 2.07. The molecule has 0 fully saturated rings. The van der Waals surface area contributed by atoms with E-state index in [1.165, 1.54) is 0 Å². The number of methoxy groups -OCH3 is 2. The van der Waals surface area contributed by atoms with E-state index in [9.17, 15) is 9.59 Å². The summed E-state index contributed by atoms with van der Waals surface area (Å²) in [6, 6.07) is 14.5. The molecule has 7 nitrogen and oxygen atoms in total. The Morgan fingerprint density at radius 3 is 2.48 bits per heavy atom. The van der Waals surface area contributed by atoms with Crippen LogP contribution in [0.15, 0.2) is 48.5 Å². The fraction of sp³-hybridized carbons (Fsp3) is 0.300. The summed E-state index contributed by atoms with van der Waals surface area (Å²) in [6.45, 7) is 1.45. The highest BCUT2D eigenvalue weighted by Crippen LogP contribution is 2.11. The van der Waals surface area contributed by atoms with Crippen molar-refractivity contribution in [1.82, 2.24) is 10.6 Å². The van der Waals surface area contributed by atoms with Gasteiger partial charge >= 0.3 is 0 Å². The third kappa shape index (κ3) is 6.99. The minimum absolute atomic E-state index is 0.116. The van der Waals surface area contributed by atoms with Crippen molar-refractivity contribution in [1.29, 1.82) is 0 Å². The molecule has 0 aliphatic heterocycles. The summed E-state index contributed by atoms with van der Waals surface area (Å²) in [7, 11) is 3.19. The third-order valence-corrected chi connectivity index (χ3v) is 3.82. The van der Waals surface area contributed by atoms with Gasteiger partial charge < -0.3 is 25.4 Å². The monoisotopic (exact) mass is 371 g/mol. The zero-order valence-corrected chi connectivity index (χ0v) is 15.6. The molecule has 0 spiro atoms. The number of carbonyl (C=O) groups excluding carboxylic acids is 2. The second-order valence-electron chi connectivity index (χ2n) is 5.81. The van der Waals surface area contributed by atoms with Crippen LogP contribution in [0, 0.1) is 0 Å². The molecule has 2 aromatic rings. The third-order valence-electron chi connectivity index (χ3n) is 3.82. The Hall–Kier alpha value is -3.06. The van der Waals surface area contributed by atoms with Crippen molar-refractivity contribution in [2.75, 3.05) is 39.2 Å². The zero-order valence-electron chi connectivity index (χ0n) is 15.6. The lowest BCUT2D eigenvalue weighted by molar-refractivity contribution is -0.119. The molecule has 0 unspecified atom stereocenters. The summed E-state index contributed by atoms with van der Waals surface area (Å²) >= 11 is 0. The molecule has 2 aromatic carbocycles. The van der Waals surface area contributed by atoms with Gasteiger partial charge in [-0.2, -0.15) is 0 Å². The number of hydrogen-bond acceptors (Lipinski definition) is 5. The molecule has 0 bridgehead atoms. The molecule has 0 aliphatic carbocycles. The van der Waals surface area contributed by atoms with E-state index < -0.39 is 0 Å². The van der Waals surface area contributed by atoms with Crippen LogP contribution in [-0.4, -0.2) is 45.7 Å². The fourth-order valence-electron chi connectivity index (χ4n) is 2.33. The van der Waals surface area contributed by atoms with E-state index in [-0.39, 0.29) is 18.4 Å². The molecule has 0 atom stereocenters. The molecular weight excluding hydrogens is 346 g/mol. The summed E-state index contributed by atoms with van der Waals surface area (Å²) in [5.74, 6) is 0.457. The average Bonchev–Trinajstić information content (AvgIpc) is 2.71. The Bertz CT molecular complexity index is 747. The number of rotatable bonds is 10. The Morgan fingerprint density at radius 2 is 1.78 bits per heavy atom. The van der Waals surface area contributed by atoms with Crippen molar-refractivity contribution in [2.45, 2.75) is 6.54 Å². The lowest BCUT2D eigenvalue weighted by Gasteiger charge is -2.10. The summed E-state index contributed by atoms with van der Waals surface area (Å²) < 4.78 is 10.0. The van der Waals surface area contributed by atoms with Crippen molar-refractivity contribution in [2.24, 2.45) is 0 Å². The van der Waals surface area contributed by atoms with Crippen LogP contribution in [0.2, 0.25) is 0 Å². The summed E-state index contributed by atoms with van der Waals surface area (Å²) in [4.78, 5) is 24.0. The molecule has 144 valence electrons. The van der Waals surface area contributed by atoms with Gasteiger partial charge in [-0.05, 0) is 35.9 Å². The number of ether oxygens (including phenoxy) is 2. The molecular formula is C20H25N3O4. The first-order valence-corrected chi connectivity index (χ1v) is 8.63. The van der Waals surface area contributed by atoms with Crippen LogP contribution >= 0.6 is 0 Å². The van der Waals surface area contributed by atoms with Crippen LogP contribution in [0.4, 0.5) is 5.69 Å². The van der Waals surface area contributed by atoms with Crippen molar-refractivity contribution < 1.29 is 19.1 Å². The number of nitrogens with one attached hydrogen (secondary N) is 3. The highest BCUT2D eigenvalue weighted by atomic mass is 16.5. The van der Waals surface area contributed by atoms with Crippen LogP contribution in [0.1, 0.15) is 15.9 Å². The Kier molecular flexibility index (Phi) is 8.12. The SMILES string of the molecule is COCCNC(=O)c1cccc(NCC(=O)NCc2ccc(OC)cc2)c1. The van der Waals surface area contributed by atoms with E-state index in [1.807, 2.05) is 30.3 Å². The van der Waals surface area contributed by atoms with Crippen molar-refractivity contribution in [3.05, 3.63) is 59.7 Å². The van der Waals surface area contributed by atoms with E-state index in [1.54, 1.807) is 32.4 Å². The topological polar surface area (TPSA) is 88.7 Å². The zero-order chi connectivity index (χ0) is 19.5. The van der Waals surface area contributed by atoms with Gasteiger partial charge in [0.15, 0.2) is 0 Å². The summed E-state index contributed by atoms with van der Waals surface area (Å²) in [6.07, 6.45) is 0. The van der Waals surface area contributed by atoms with Gasteiger partial charge in [0.05, 0.1) is 20.3 Å². The maximum Gasteiger partial charge on any atom is 0.251 e. The molecule has 0 radical (unpaired) electrons. The lowest BCUT2D eigenvalue weighted by atomic mass is 10.2. The number of hydrogen-bond donors (Lipinski definition) is 3. The minimum Gasteiger partial charge on any atom is -0.497 e. The van der Waals surface area contributed by atoms with Crippen molar-refractivity contribution in [3.8, 4) is 5.75 Å². The first kappa shape index (κ1) is 20.3. The number of benzene rings is 2. The van der Waals surface area contributed by atoms with Gasteiger partial charge in [0.1, 0.15) is 5.75 Å².